The molecule has 0 bridgehead atoms. The number of aromatic nitrogens is 5. The normalized spacial score (nSPS) is 15.8. The summed E-state index contributed by atoms with van der Waals surface area (Å²) in [6.07, 6.45) is -2.95. The van der Waals surface area contributed by atoms with Crippen molar-refractivity contribution < 1.29 is 26.7 Å². The molecule has 0 aliphatic carbocycles. The zero-order chi connectivity index (χ0) is 27.7. The highest BCUT2D eigenvalue weighted by Crippen LogP contribution is 2.39. The highest BCUT2D eigenvalue weighted by Gasteiger charge is 2.38. The number of anilines is 2. The van der Waals surface area contributed by atoms with Gasteiger partial charge in [0.05, 0.1) is 6.20 Å². The molecule has 3 aromatic rings. The molecule has 0 N–H and O–H groups in total. The van der Waals surface area contributed by atoms with Crippen LogP contribution >= 0.6 is 9.39 Å². The molecule has 1 unspecified atom stereocenters. The zero-order valence-electron chi connectivity index (χ0n) is 20.5. The molecular formula is C23H27F5N7O2P. The molecule has 1 atom stereocenters. The Morgan fingerprint density at radius 3 is 2.58 bits per heavy atom. The van der Waals surface area contributed by atoms with E-state index in [9.17, 15) is 31.5 Å². The van der Waals surface area contributed by atoms with E-state index in [1.54, 1.807) is 11.6 Å². The Morgan fingerprint density at radius 2 is 1.97 bits per heavy atom. The summed E-state index contributed by atoms with van der Waals surface area (Å²) >= 11 is 0. The van der Waals surface area contributed by atoms with E-state index in [1.807, 2.05) is 4.90 Å². The first-order chi connectivity index (χ1) is 18.0. The van der Waals surface area contributed by atoms with E-state index in [4.69, 9.17) is 0 Å². The van der Waals surface area contributed by atoms with Crippen LogP contribution in [0.2, 0.25) is 0 Å². The molecule has 0 saturated carbocycles. The van der Waals surface area contributed by atoms with Gasteiger partial charge in [0, 0.05) is 44.5 Å². The SMILES string of the molecule is CCn1c(N2CCC(CC=O)(CN(P)c3ccnc(C(F)(F)F)c3)CC2)nc2c(cnn2CC(F)F)c1=O. The van der Waals surface area contributed by atoms with Crippen molar-refractivity contribution in [2.24, 2.45) is 5.41 Å². The fraction of sp³-hybridized carbons (Fsp3) is 0.522. The number of aldehydes is 1. The summed E-state index contributed by atoms with van der Waals surface area (Å²) in [6.45, 7) is 2.48. The fourth-order valence-electron chi connectivity index (χ4n) is 4.82. The van der Waals surface area contributed by atoms with Gasteiger partial charge in [-0.15, -0.1) is 0 Å². The quantitative estimate of drug-likeness (QED) is 0.224. The van der Waals surface area contributed by atoms with E-state index in [1.165, 1.54) is 16.8 Å². The van der Waals surface area contributed by atoms with Gasteiger partial charge in [0.2, 0.25) is 5.95 Å². The van der Waals surface area contributed by atoms with E-state index in [0.717, 1.165) is 23.2 Å². The van der Waals surface area contributed by atoms with Crippen molar-refractivity contribution in [2.75, 3.05) is 29.2 Å². The van der Waals surface area contributed by atoms with Gasteiger partial charge in [0.25, 0.3) is 12.0 Å². The van der Waals surface area contributed by atoms with E-state index < -0.39 is 30.3 Å². The molecule has 38 heavy (non-hydrogen) atoms. The number of hydrogen-bond acceptors (Lipinski definition) is 7. The first kappa shape index (κ1) is 27.9. The van der Waals surface area contributed by atoms with Gasteiger partial charge in [-0.3, -0.25) is 14.3 Å². The van der Waals surface area contributed by atoms with Crippen LogP contribution in [0, 0.1) is 5.41 Å². The van der Waals surface area contributed by atoms with Crippen molar-refractivity contribution in [1.82, 2.24) is 24.3 Å². The number of rotatable bonds is 9. The second-order valence-corrected chi connectivity index (χ2v) is 9.92. The second kappa shape index (κ2) is 10.9. The largest absolute Gasteiger partial charge is 0.433 e. The second-order valence-electron chi connectivity index (χ2n) is 9.30. The average molecular weight is 559 g/mol. The smallest absolute Gasteiger partial charge is 0.355 e. The molecule has 3 aromatic heterocycles. The van der Waals surface area contributed by atoms with Crippen molar-refractivity contribution in [3.63, 3.8) is 0 Å². The maximum absolute atomic E-state index is 13.1. The third-order valence-corrected chi connectivity index (χ3v) is 7.34. The van der Waals surface area contributed by atoms with E-state index in [0.29, 0.717) is 50.7 Å². The Balaban J connectivity index is 1.58. The summed E-state index contributed by atoms with van der Waals surface area (Å²) in [5, 5.41) is 4.06. The summed E-state index contributed by atoms with van der Waals surface area (Å²) in [7, 11) is 2.42. The fourth-order valence-corrected chi connectivity index (χ4v) is 5.37. The van der Waals surface area contributed by atoms with Crippen LogP contribution in [-0.2, 0) is 24.1 Å². The third kappa shape index (κ3) is 5.64. The van der Waals surface area contributed by atoms with E-state index >= 15 is 0 Å². The highest BCUT2D eigenvalue weighted by molar-refractivity contribution is 7.19. The minimum absolute atomic E-state index is 0.0778. The molecule has 0 radical (unpaired) electrons. The lowest BCUT2D eigenvalue weighted by molar-refractivity contribution is -0.141. The van der Waals surface area contributed by atoms with Crippen LogP contribution in [0.1, 0.15) is 31.9 Å². The molecule has 15 heteroatoms. The molecule has 1 fully saturated rings. The maximum atomic E-state index is 13.1. The average Bonchev–Trinajstić information content (AvgIpc) is 3.26. The molecule has 1 aliphatic rings. The Morgan fingerprint density at radius 1 is 1.26 bits per heavy atom. The van der Waals surface area contributed by atoms with Gasteiger partial charge < -0.3 is 14.4 Å². The van der Waals surface area contributed by atoms with Crippen LogP contribution in [0.3, 0.4) is 0 Å². The van der Waals surface area contributed by atoms with Crippen molar-refractivity contribution in [3.05, 3.63) is 40.6 Å². The molecule has 1 saturated heterocycles. The number of alkyl halides is 5. The lowest BCUT2D eigenvalue weighted by Gasteiger charge is -2.43. The van der Waals surface area contributed by atoms with Gasteiger partial charge >= 0.3 is 6.18 Å². The number of halogens is 5. The summed E-state index contributed by atoms with van der Waals surface area (Å²) in [4.78, 5) is 34.5. The minimum Gasteiger partial charge on any atom is -0.355 e. The Bertz CT molecular complexity index is 1350. The van der Waals surface area contributed by atoms with Crippen LogP contribution in [0.15, 0.2) is 29.3 Å². The number of nitrogens with zero attached hydrogens (tertiary/aromatic N) is 7. The van der Waals surface area contributed by atoms with Crippen LogP contribution in [0.5, 0.6) is 0 Å². The molecule has 9 nitrogen and oxygen atoms in total. The first-order valence-corrected chi connectivity index (χ1v) is 12.5. The lowest BCUT2D eigenvalue weighted by atomic mass is 9.76. The van der Waals surface area contributed by atoms with Gasteiger partial charge in [0.15, 0.2) is 5.65 Å². The Labute approximate surface area is 216 Å². The maximum Gasteiger partial charge on any atom is 0.433 e. The molecule has 0 amide bonds. The van der Waals surface area contributed by atoms with Crippen molar-refractivity contribution >= 4 is 38.3 Å². The lowest BCUT2D eigenvalue weighted by Crippen LogP contribution is -2.46. The van der Waals surface area contributed by atoms with Crippen LogP contribution < -0.4 is 15.1 Å². The van der Waals surface area contributed by atoms with Crippen LogP contribution in [0.4, 0.5) is 33.6 Å². The Hall–Kier alpha value is -3.15. The predicted octanol–water partition coefficient (Wildman–Crippen LogP) is 3.76. The molecular weight excluding hydrogens is 532 g/mol. The van der Waals surface area contributed by atoms with Gasteiger partial charge in [-0.1, -0.05) is 0 Å². The van der Waals surface area contributed by atoms with Crippen LogP contribution in [0.25, 0.3) is 11.0 Å². The molecule has 4 heterocycles. The van der Waals surface area contributed by atoms with Gasteiger partial charge in [-0.05, 0) is 46.7 Å². The Kier molecular flexibility index (Phi) is 8.01. The summed E-state index contributed by atoms with van der Waals surface area (Å²) in [5.74, 6) is 0.326. The van der Waals surface area contributed by atoms with Gasteiger partial charge in [-0.25, -0.2) is 13.5 Å². The first-order valence-electron chi connectivity index (χ1n) is 12.0. The molecule has 206 valence electrons. The van der Waals surface area contributed by atoms with E-state index in [-0.39, 0.29) is 23.0 Å². The van der Waals surface area contributed by atoms with Crippen molar-refractivity contribution in [3.8, 4) is 0 Å². The minimum atomic E-state index is -4.58. The number of fused-ring (bicyclic) bond motifs is 1. The monoisotopic (exact) mass is 559 g/mol. The van der Waals surface area contributed by atoms with Crippen molar-refractivity contribution in [1.29, 1.82) is 0 Å². The predicted molar refractivity (Wildman–Crippen MR) is 134 cm³/mol. The number of carbonyl (C=O) groups excluding carboxylic acids is 1. The molecule has 0 aromatic carbocycles. The number of hydrogen-bond donors (Lipinski definition) is 0. The van der Waals surface area contributed by atoms with Crippen LogP contribution in [-0.4, -0.2) is 56.7 Å². The zero-order valence-corrected chi connectivity index (χ0v) is 21.7. The molecule has 1 aliphatic heterocycles. The molecule has 0 spiro atoms. The molecule has 4 rings (SSSR count). The topological polar surface area (TPSA) is 89.2 Å². The number of pyridine rings is 1. The number of carbonyl (C=O) groups is 1. The summed E-state index contributed by atoms with van der Waals surface area (Å²) in [5.41, 5.74) is -1.56. The third-order valence-electron chi connectivity index (χ3n) is 6.86. The summed E-state index contributed by atoms with van der Waals surface area (Å²) < 4.78 is 69.5. The van der Waals surface area contributed by atoms with Gasteiger partial charge in [0.1, 0.15) is 23.9 Å². The standard InChI is InChI=1S/C23H27F5N7O2P/c1-2-33-20(37)16-12-30-34(13-18(24)25)19(16)31-21(33)32-8-4-22(5-9-32,6-10-36)14-35(38)15-3-7-29-17(11-15)23(26,27)28/h3,7,10-12,18H,2,4-6,8-9,13-14,38H2,1H3. The summed E-state index contributed by atoms with van der Waals surface area (Å²) in [6, 6.07) is 2.42. The van der Waals surface area contributed by atoms with Crippen molar-refractivity contribution in [2.45, 2.75) is 51.9 Å². The van der Waals surface area contributed by atoms with E-state index in [2.05, 4.69) is 24.5 Å². The highest BCUT2D eigenvalue weighted by atomic mass is 31.0. The number of piperidine rings is 1. The van der Waals surface area contributed by atoms with Gasteiger partial charge in [-0.2, -0.15) is 23.3 Å².